The molecule has 4 heteroatoms. The van der Waals surface area contributed by atoms with Gasteiger partial charge < -0.3 is 19.6 Å². The molecule has 0 unspecified atom stereocenters. The Bertz CT molecular complexity index is 520. The summed E-state index contributed by atoms with van der Waals surface area (Å²) < 4.78 is 10.7. The number of rotatable bonds is 5. The fraction of sp³-hybridized carbons (Fsp3) is 0.286. The largest absolute Gasteiger partial charge is 0.495 e. The summed E-state index contributed by atoms with van der Waals surface area (Å²) in [4.78, 5) is 0. The predicted molar refractivity (Wildman–Crippen MR) is 69.7 cm³/mol. The van der Waals surface area contributed by atoms with Crippen LogP contribution in [0.25, 0.3) is 0 Å². The standard InChI is InChI=1S/C14H17NO3/c1-10-3-6-13(14(7-10)17-2)15-8-11-4-5-12(9-16)18-11/h3-7,15-16H,8-9H2,1-2H3. The van der Waals surface area contributed by atoms with Gasteiger partial charge in [0, 0.05) is 0 Å². The number of aryl methyl sites for hydroxylation is 1. The molecule has 0 spiro atoms. The highest BCUT2D eigenvalue weighted by molar-refractivity contribution is 5.57. The molecule has 0 saturated heterocycles. The van der Waals surface area contributed by atoms with E-state index < -0.39 is 0 Å². The van der Waals surface area contributed by atoms with E-state index >= 15 is 0 Å². The van der Waals surface area contributed by atoms with E-state index in [2.05, 4.69) is 5.32 Å². The predicted octanol–water partition coefficient (Wildman–Crippen LogP) is 2.70. The van der Waals surface area contributed by atoms with Gasteiger partial charge in [0.15, 0.2) is 0 Å². The number of anilines is 1. The Labute approximate surface area is 106 Å². The van der Waals surface area contributed by atoms with Gasteiger partial charge in [0.2, 0.25) is 0 Å². The van der Waals surface area contributed by atoms with Crippen molar-refractivity contribution in [1.29, 1.82) is 0 Å². The van der Waals surface area contributed by atoms with Gasteiger partial charge in [-0.2, -0.15) is 0 Å². The first-order valence-electron chi connectivity index (χ1n) is 5.80. The topological polar surface area (TPSA) is 54.6 Å². The van der Waals surface area contributed by atoms with Crippen molar-refractivity contribution in [2.45, 2.75) is 20.1 Å². The second-order valence-corrected chi connectivity index (χ2v) is 4.08. The number of benzene rings is 1. The molecule has 0 bridgehead atoms. The van der Waals surface area contributed by atoms with Crippen LogP contribution < -0.4 is 10.1 Å². The zero-order chi connectivity index (χ0) is 13.0. The van der Waals surface area contributed by atoms with Crippen LogP contribution in [0.4, 0.5) is 5.69 Å². The summed E-state index contributed by atoms with van der Waals surface area (Å²) in [6, 6.07) is 9.59. The number of furan rings is 1. The molecule has 1 aromatic carbocycles. The molecule has 0 aliphatic rings. The number of ether oxygens (including phenoxy) is 1. The molecule has 2 rings (SSSR count). The monoisotopic (exact) mass is 247 g/mol. The number of aliphatic hydroxyl groups is 1. The molecule has 4 nitrogen and oxygen atoms in total. The van der Waals surface area contributed by atoms with E-state index in [9.17, 15) is 0 Å². The van der Waals surface area contributed by atoms with Crippen LogP contribution in [0.2, 0.25) is 0 Å². The van der Waals surface area contributed by atoms with Crippen molar-refractivity contribution in [2.24, 2.45) is 0 Å². The Hall–Kier alpha value is -1.94. The average molecular weight is 247 g/mol. The number of hydrogen-bond donors (Lipinski definition) is 2. The Morgan fingerprint density at radius 2 is 2.00 bits per heavy atom. The first-order chi connectivity index (χ1) is 8.72. The lowest BCUT2D eigenvalue weighted by Crippen LogP contribution is -2.00. The SMILES string of the molecule is COc1cc(C)ccc1NCc1ccc(CO)o1. The van der Waals surface area contributed by atoms with Crippen LogP contribution in [-0.2, 0) is 13.2 Å². The van der Waals surface area contributed by atoms with Crippen molar-refractivity contribution in [3.05, 3.63) is 47.4 Å². The van der Waals surface area contributed by atoms with Crippen LogP contribution in [0.1, 0.15) is 17.1 Å². The molecule has 0 aliphatic heterocycles. The van der Waals surface area contributed by atoms with Gasteiger partial charge in [0.1, 0.15) is 23.9 Å². The molecule has 18 heavy (non-hydrogen) atoms. The van der Waals surface area contributed by atoms with Gasteiger partial charge in [-0.05, 0) is 36.8 Å². The highest BCUT2D eigenvalue weighted by atomic mass is 16.5. The molecule has 0 radical (unpaired) electrons. The number of nitrogens with one attached hydrogen (secondary N) is 1. The summed E-state index contributed by atoms with van der Waals surface area (Å²) in [6.45, 7) is 2.50. The van der Waals surface area contributed by atoms with Gasteiger partial charge >= 0.3 is 0 Å². The maximum atomic E-state index is 8.91. The van der Waals surface area contributed by atoms with Gasteiger partial charge in [0.05, 0.1) is 19.3 Å². The third kappa shape index (κ3) is 2.84. The zero-order valence-electron chi connectivity index (χ0n) is 10.6. The molecule has 96 valence electrons. The van der Waals surface area contributed by atoms with Crippen LogP contribution >= 0.6 is 0 Å². The van der Waals surface area contributed by atoms with Crippen LogP contribution in [0.3, 0.4) is 0 Å². The van der Waals surface area contributed by atoms with E-state index in [1.54, 1.807) is 13.2 Å². The first kappa shape index (κ1) is 12.5. The molecule has 2 aromatic rings. The first-order valence-corrected chi connectivity index (χ1v) is 5.80. The minimum absolute atomic E-state index is 0.0755. The second-order valence-electron chi connectivity index (χ2n) is 4.08. The van der Waals surface area contributed by atoms with E-state index in [1.165, 1.54) is 0 Å². The number of hydrogen-bond acceptors (Lipinski definition) is 4. The van der Waals surface area contributed by atoms with Crippen molar-refractivity contribution in [3.63, 3.8) is 0 Å². The summed E-state index contributed by atoms with van der Waals surface area (Å²) in [7, 11) is 1.65. The maximum absolute atomic E-state index is 8.91. The molecule has 0 atom stereocenters. The minimum atomic E-state index is -0.0755. The molecule has 0 amide bonds. The Morgan fingerprint density at radius 3 is 2.67 bits per heavy atom. The average Bonchev–Trinajstić information content (AvgIpc) is 2.85. The van der Waals surface area contributed by atoms with Gasteiger partial charge in [-0.1, -0.05) is 6.07 Å². The van der Waals surface area contributed by atoms with E-state index in [-0.39, 0.29) is 6.61 Å². The Kier molecular flexibility index (Phi) is 3.89. The van der Waals surface area contributed by atoms with Crippen LogP contribution in [0, 0.1) is 6.92 Å². The Morgan fingerprint density at radius 1 is 1.22 bits per heavy atom. The van der Waals surface area contributed by atoms with E-state index in [4.69, 9.17) is 14.3 Å². The maximum Gasteiger partial charge on any atom is 0.142 e. The second kappa shape index (κ2) is 5.60. The van der Waals surface area contributed by atoms with Crippen molar-refractivity contribution in [3.8, 4) is 5.75 Å². The summed E-state index contributed by atoms with van der Waals surface area (Å²) in [5.41, 5.74) is 2.07. The lowest BCUT2D eigenvalue weighted by molar-refractivity contribution is 0.244. The molecule has 1 aromatic heterocycles. The van der Waals surface area contributed by atoms with Gasteiger partial charge in [-0.25, -0.2) is 0 Å². The summed E-state index contributed by atoms with van der Waals surface area (Å²) in [5.74, 6) is 2.16. The van der Waals surface area contributed by atoms with Gasteiger partial charge in [-0.3, -0.25) is 0 Å². The Balaban J connectivity index is 2.05. The molecule has 0 saturated carbocycles. The number of aliphatic hydroxyl groups excluding tert-OH is 1. The zero-order valence-corrected chi connectivity index (χ0v) is 10.6. The lowest BCUT2D eigenvalue weighted by atomic mass is 10.2. The summed E-state index contributed by atoms with van der Waals surface area (Å²) in [5, 5.41) is 12.2. The van der Waals surface area contributed by atoms with Crippen molar-refractivity contribution >= 4 is 5.69 Å². The van der Waals surface area contributed by atoms with Crippen LogP contribution in [0.15, 0.2) is 34.7 Å². The normalized spacial score (nSPS) is 10.4. The smallest absolute Gasteiger partial charge is 0.142 e. The van der Waals surface area contributed by atoms with Crippen LogP contribution in [0.5, 0.6) is 5.75 Å². The van der Waals surface area contributed by atoms with Gasteiger partial charge in [0.25, 0.3) is 0 Å². The molecular formula is C14H17NO3. The quantitative estimate of drug-likeness (QED) is 0.853. The third-order valence-corrected chi connectivity index (χ3v) is 2.68. The lowest BCUT2D eigenvalue weighted by Gasteiger charge is -2.10. The minimum Gasteiger partial charge on any atom is -0.495 e. The van der Waals surface area contributed by atoms with Gasteiger partial charge in [-0.15, -0.1) is 0 Å². The summed E-state index contributed by atoms with van der Waals surface area (Å²) >= 11 is 0. The van der Waals surface area contributed by atoms with E-state index in [1.807, 2.05) is 31.2 Å². The molecule has 0 fully saturated rings. The van der Waals surface area contributed by atoms with Crippen molar-refractivity contribution in [2.75, 3.05) is 12.4 Å². The fourth-order valence-electron chi connectivity index (χ4n) is 1.73. The summed E-state index contributed by atoms with van der Waals surface area (Å²) in [6.07, 6.45) is 0. The molecular weight excluding hydrogens is 230 g/mol. The number of methoxy groups -OCH3 is 1. The van der Waals surface area contributed by atoms with Crippen LogP contribution in [-0.4, -0.2) is 12.2 Å². The van der Waals surface area contributed by atoms with Crippen molar-refractivity contribution in [1.82, 2.24) is 0 Å². The van der Waals surface area contributed by atoms with Crippen molar-refractivity contribution < 1.29 is 14.3 Å². The molecule has 1 heterocycles. The van der Waals surface area contributed by atoms with E-state index in [0.29, 0.717) is 12.3 Å². The van der Waals surface area contributed by atoms with E-state index in [0.717, 1.165) is 22.8 Å². The third-order valence-electron chi connectivity index (χ3n) is 2.68. The molecule has 0 aliphatic carbocycles. The highest BCUT2D eigenvalue weighted by Crippen LogP contribution is 2.25. The highest BCUT2D eigenvalue weighted by Gasteiger charge is 2.05. The molecule has 2 N–H and O–H groups in total. The fourth-order valence-corrected chi connectivity index (χ4v) is 1.73.